The van der Waals surface area contributed by atoms with Gasteiger partial charge in [0.1, 0.15) is 0 Å². The molecule has 0 radical (unpaired) electrons. The first-order valence-electron chi connectivity index (χ1n) is 6.51. The van der Waals surface area contributed by atoms with Crippen LogP contribution in [0.15, 0.2) is 35.3 Å². The van der Waals surface area contributed by atoms with Crippen molar-refractivity contribution in [3.63, 3.8) is 0 Å². The molecule has 1 saturated carbocycles. The number of hydrogen-bond acceptors (Lipinski definition) is 2. The topological polar surface area (TPSA) is 15.3 Å². The third kappa shape index (κ3) is 2.96. The lowest BCUT2D eigenvalue weighted by Gasteiger charge is -2.28. The molecule has 2 rings (SSSR count). The summed E-state index contributed by atoms with van der Waals surface area (Å²) in [7, 11) is 2.01. The molecule has 0 heterocycles. The van der Waals surface area contributed by atoms with Crippen LogP contribution < -0.4 is 10.2 Å². The summed E-state index contributed by atoms with van der Waals surface area (Å²) in [6.07, 6.45) is 4.59. The van der Waals surface area contributed by atoms with Crippen molar-refractivity contribution >= 4 is 21.6 Å². The van der Waals surface area contributed by atoms with Gasteiger partial charge in [-0.25, -0.2) is 0 Å². The summed E-state index contributed by atoms with van der Waals surface area (Å²) >= 11 is 3.58. The number of hydrogen-bond donors (Lipinski definition) is 1. The molecule has 0 spiro atoms. The van der Waals surface area contributed by atoms with Gasteiger partial charge in [0.2, 0.25) is 0 Å². The molecule has 1 aliphatic rings. The Hall–Kier alpha value is -0.800. The summed E-state index contributed by atoms with van der Waals surface area (Å²) in [5.74, 6) is 0. The van der Waals surface area contributed by atoms with Gasteiger partial charge in [-0.3, -0.25) is 0 Å². The van der Waals surface area contributed by atoms with Crippen molar-refractivity contribution in [1.29, 1.82) is 0 Å². The van der Waals surface area contributed by atoms with Crippen LogP contribution in [0.5, 0.6) is 0 Å². The van der Waals surface area contributed by atoms with Crippen LogP contribution in [0.3, 0.4) is 0 Å². The Bertz CT molecular complexity index is 427. The molecule has 1 aliphatic carbocycles. The molecule has 1 unspecified atom stereocenters. The second kappa shape index (κ2) is 5.89. The lowest BCUT2D eigenvalue weighted by molar-refractivity contribution is 0.648. The number of nitrogens with zero attached hydrogens (tertiary/aromatic N) is 1. The Balaban J connectivity index is 2.38. The summed E-state index contributed by atoms with van der Waals surface area (Å²) in [5, 5.41) is 3.33. The van der Waals surface area contributed by atoms with Crippen molar-refractivity contribution in [1.82, 2.24) is 5.32 Å². The number of halogens is 1. The first-order chi connectivity index (χ1) is 8.67. The van der Waals surface area contributed by atoms with Gasteiger partial charge in [-0.1, -0.05) is 28.1 Å². The minimum absolute atomic E-state index is 0.360. The molecule has 1 aromatic rings. The summed E-state index contributed by atoms with van der Waals surface area (Å²) < 4.78 is 1.14. The van der Waals surface area contributed by atoms with Crippen molar-refractivity contribution in [2.45, 2.75) is 31.8 Å². The summed E-state index contributed by atoms with van der Waals surface area (Å²) in [6, 6.07) is 7.61. The van der Waals surface area contributed by atoms with E-state index >= 15 is 0 Å². The molecule has 98 valence electrons. The first kappa shape index (κ1) is 13.6. The maximum atomic E-state index is 3.88. The van der Waals surface area contributed by atoms with Crippen LogP contribution in [-0.4, -0.2) is 19.6 Å². The maximum absolute atomic E-state index is 3.88. The summed E-state index contributed by atoms with van der Waals surface area (Å²) in [5.41, 5.74) is 2.68. The maximum Gasteiger partial charge on any atom is 0.0431 e. The van der Waals surface area contributed by atoms with E-state index in [9.17, 15) is 0 Å². The molecule has 18 heavy (non-hydrogen) atoms. The fourth-order valence-corrected chi connectivity index (χ4v) is 2.61. The SMILES string of the molecule is C=CCN(c1cc(Br)ccc1C(C)NC)C1CC1. The highest BCUT2D eigenvalue weighted by Crippen LogP contribution is 2.37. The molecule has 1 fully saturated rings. The number of nitrogens with one attached hydrogen (secondary N) is 1. The van der Waals surface area contributed by atoms with Gasteiger partial charge in [-0.2, -0.15) is 0 Å². The predicted octanol–water partition coefficient (Wildman–Crippen LogP) is 3.88. The van der Waals surface area contributed by atoms with Crippen LogP contribution in [0.4, 0.5) is 5.69 Å². The van der Waals surface area contributed by atoms with Gasteiger partial charge in [0.25, 0.3) is 0 Å². The van der Waals surface area contributed by atoms with Crippen molar-refractivity contribution in [2.24, 2.45) is 0 Å². The summed E-state index contributed by atoms with van der Waals surface area (Å²) in [6.45, 7) is 7.01. The molecule has 1 N–H and O–H groups in total. The zero-order valence-electron chi connectivity index (χ0n) is 11.1. The summed E-state index contributed by atoms with van der Waals surface area (Å²) in [4.78, 5) is 2.47. The molecular formula is C15H21BrN2. The molecule has 1 atom stereocenters. The van der Waals surface area contributed by atoms with E-state index in [-0.39, 0.29) is 0 Å². The Kier molecular flexibility index (Phi) is 4.46. The molecule has 0 amide bonds. The molecule has 3 heteroatoms. The van der Waals surface area contributed by atoms with Crippen LogP contribution in [0.25, 0.3) is 0 Å². The lowest BCUT2D eigenvalue weighted by Crippen LogP contribution is -2.28. The van der Waals surface area contributed by atoms with Crippen LogP contribution in [0.1, 0.15) is 31.4 Å². The average Bonchev–Trinajstić information content (AvgIpc) is 3.19. The fraction of sp³-hybridized carbons (Fsp3) is 0.467. The Labute approximate surface area is 118 Å². The third-order valence-corrected chi connectivity index (χ3v) is 4.01. The van der Waals surface area contributed by atoms with Gasteiger partial charge in [0, 0.05) is 28.8 Å². The van der Waals surface area contributed by atoms with Crippen molar-refractivity contribution in [2.75, 3.05) is 18.5 Å². The van der Waals surface area contributed by atoms with Crippen LogP contribution in [-0.2, 0) is 0 Å². The number of anilines is 1. The van der Waals surface area contributed by atoms with E-state index in [0.29, 0.717) is 12.1 Å². The van der Waals surface area contributed by atoms with E-state index in [1.807, 2.05) is 13.1 Å². The van der Waals surface area contributed by atoms with Crippen LogP contribution in [0.2, 0.25) is 0 Å². The Morgan fingerprint density at radius 3 is 2.83 bits per heavy atom. The minimum atomic E-state index is 0.360. The zero-order chi connectivity index (χ0) is 13.1. The first-order valence-corrected chi connectivity index (χ1v) is 7.31. The minimum Gasteiger partial charge on any atom is -0.365 e. The second-order valence-electron chi connectivity index (χ2n) is 4.89. The van der Waals surface area contributed by atoms with Crippen molar-refractivity contribution in [3.05, 3.63) is 40.9 Å². The van der Waals surface area contributed by atoms with Gasteiger partial charge >= 0.3 is 0 Å². The van der Waals surface area contributed by atoms with Crippen molar-refractivity contribution < 1.29 is 0 Å². The van der Waals surface area contributed by atoms with Gasteiger partial charge in [-0.15, -0.1) is 6.58 Å². The average molecular weight is 309 g/mol. The highest BCUT2D eigenvalue weighted by atomic mass is 79.9. The largest absolute Gasteiger partial charge is 0.365 e. The molecular weight excluding hydrogens is 288 g/mol. The molecule has 0 saturated heterocycles. The third-order valence-electron chi connectivity index (χ3n) is 3.51. The molecule has 0 aliphatic heterocycles. The quantitative estimate of drug-likeness (QED) is 0.802. The molecule has 1 aromatic carbocycles. The van der Waals surface area contributed by atoms with E-state index in [4.69, 9.17) is 0 Å². The van der Waals surface area contributed by atoms with Gasteiger partial charge in [-0.05, 0) is 44.5 Å². The molecule has 0 aromatic heterocycles. The van der Waals surface area contributed by atoms with Crippen LogP contribution >= 0.6 is 15.9 Å². The fourth-order valence-electron chi connectivity index (χ4n) is 2.26. The van der Waals surface area contributed by atoms with Gasteiger partial charge in [0.15, 0.2) is 0 Å². The highest BCUT2D eigenvalue weighted by molar-refractivity contribution is 9.10. The molecule has 2 nitrogen and oxygen atoms in total. The van der Waals surface area contributed by atoms with Crippen LogP contribution in [0, 0.1) is 0 Å². The van der Waals surface area contributed by atoms with Gasteiger partial charge < -0.3 is 10.2 Å². The zero-order valence-corrected chi connectivity index (χ0v) is 12.7. The Morgan fingerprint density at radius 2 is 2.28 bits per heavy atom. The standard InChI is InChI=1S/C15H21BrN2/c1-4-9-18(13-6-7-13)15-10-12(16)5-8-14(15)11(2)17-3/h4-5,8,10-11,13,17H,1,6-7,9H2,2-3H3. The Morgan fingerprint density at radius 1 is 1.56 bits per heavy atom. The monoisotopic (exact) mass is 308 g/mol. The highest BCUT2D eigenvalue weighted by Gasteiger charge is 2.30. The predicted molar refractivity (Wildman–Crippen MR) is 82.2 cm³/mol. The van der Waals surface area contributed by atoms with E-state index in [1.165, 1.54) is 24.1 Å². The van der Waals surface area contributed by atoms with E-state index < -0.39 is 0 Å². The van der Waals surface area contributed by atoms with Gasteiger partial charge in [0.05, 0.1) is 0 Å². The van der Waals surface area contributed by atoms with E-state index in [1.54, 1.807) is 0 Å². The molecule has 0 bridgehead atoms. The van der Waals surface area contributed by atoms with Crippen molar-refractivity contribution in [3.8, 4) is 0 Å². The lowest BCUT2D eigenvalue weighted by atomic mass is 10.0. The smallest absolute Gasteiger partial charge is 0.0431 e. The van der Waals surface area contributed by atoms with E-state index in [0.717, 1.165) is 11.0 Å². The normalized spacial score (nSPS) is 16.4. The van der Waals surface area contributed by atoms with E-state index in [2.05, 4.69) is 57.8 Å². The number of benzene rings is 1. The second-order valence-corrected chi connectivity index (χ2v) is 5.80. The number of rotatable bonds is 6.